The van der Waals surface area contributed by atoms with Crippen molar-refractivity contribution >= 4 is 23.5 Å². The van der Waals surface area contributed by atoms with Crippen molar-refractivity contribution in [1.29, 1.82) is 0 Å². The first-order valence-electron chi connectivity index (χ1n) is 11.1. The van der Waals surface area contributed by atoms with Crippen molar-refractivity contribution < 1.29 is 19.1 Å². The van der Waals surface area contributed by atoms with Gasteiger partial charge in [-0.3, -0.25) is 19.2 Å². The monoisotopic (exact) mass is 438 g/mol. The topological polar surface area (TPSA) is 93.5 Å². The Bertz CT molecular complexity index is 1050. The summed E-state index contributed by atoms with van der Waals surface area (Å²) in [4.78, 5) is 41.0. The number of esters is 1. The summed E-state index contributed by atoms with van der Waals surface area (Å²) in [6.45, 7) is 5.83. The van der Waals surface area contributed by atoms with Gasteiger partial charge in [0, 0.05) is 17.8 Å². The Morgan fingerprint density at radius 3 is 2.38 bits per heavy atom. The van der Waals surface area contributed by atoms with Gasteiger partial charge in [0.15, 0.2) is 5.69 Å². The number of nitrogens with zero attached hydrogens (tertiary/aromatic N) is 3. The van der Waals surface area contributed by atoms with Crippen LogP contribution in [0.1, 0.15) is 71.1 Å². The highest BCUT2D eigenvalue weighted by molar-refractivity contribution is 6.12. The number of benzene rings is 1. The number of ether oxygens (including phenoxy) is 1. The van der Waals surface area contributed by atoms with Crippen LogP contribution in [0.15, 0.2) is 24.3 Å². The van der Waals surface area contributed by atoms with Gasteiger partial charge in [-0.25, -0.2) is 4.79 Å². The second-order valence-corrected chi connectivity index (χ2v) is 9.13. The number of methoxy groups -OCH3 is 1. The van der Waals surface area contributed by atoms with Crippen molar-refractivity contribution in [2.24, 2.45) is 0 Å². The molecule has 2 aliphatic rings. The van der Waals surface area contributed by atoms with Crippen LogP contribution in [-0.2, 0) is 16.1 Å². The fraction of sp³-hybridized carbons (Fsp3) is 0.500. The molecule has 8 nitrogen and oxygen atoms in total. The van der Waals surface area contributed by atoms with Gasteiger partial charge in [-0.1, -0.05) is 25.3 Å². The summed E-state index contributed by atoms with van der Waals surface area (Å²) in [7, 11) is 1.27. The number of carbonyl (C=O) groups is 3. The number of rotatable bonds is 4. The zero-order valence-corrected chi connectivity index (χ0v) is 19.1. The number of anilines is 1. The normalized spacial score (nSPS) is 21.2. The van der Waals surface area contributed by atoms with Crippen LogP contribution in [0, 0.1) is 13.8 Å². The van der Waals surface area contributed by atoms with Crippen LogP contribution in [0.5, 0.6) is 0 Å². The first kappa shape index (κ1) is 22.0. The first-order chi connectivity index (χ1) is 15.2. The molecule has 1 aromatic carbocycles. The van der Waals surface area contributed by atoms with Crippen molar-refractivity contribution in [3.8, 4) is 0 Å². The van der Waals surface area contributed by atoms with Crippen LogP contribution >= 0.6 is 0 Å². The van der Waals surface area contributed by atoms with E-state index < -0.39 is 11.5 Å². The van der Waals surface area contributed by atoms with Crippen LogP contribution < -0.4 is 10.2 Å². The molecule has 4 rings (SSSR count). The van der Waals surface area contributed by atoms with Gasteiger partial charge in [-0.05, 0) is 56.9 Å². The standard InChI is InChI=1S/C24H30N4O4/c1-15-10-16(2)12-18(11-15)28-21(29)20-13-19(22(30)32-4)26-27(20)14-24(28,3)23(31)25-17-8-6-5-7-9-17/h10-13,17H,5-9,14H2,1-4H3,(H,25,31)/t24-/m0/s1. The van der Waals surface area contributed by atoms with E-state index in [0.29, 0.717) is 5.69 Å². The van der Waals surface area contributed by atoms with Gasteiger partial charge in [-0.15, -0.1) is 0 Å². The third-order valence-electron chi connectivity index (χ3n) is 6.44. The molecule has 1 fully saturated rings. The minimum absolute atomic E-state index is 0.0492. The third kappa shape index (κ3) is 3.89. The second kappa shape index (κ2) is 8.41. The number of aryl methyl sites for hydroxylation is 2. The number of hydrogen-bond donors (Lipinski definition) is 1. The number of hydrogen-bond acceptors (Lipinski definition) is 5. The Morgan fingerprint density at radius 1 is 1.09 bits per heavy atom. The van der Waals surface area contributed by atoms with Crippen LogP contribution in [-0.4, -0.2) is 46.3 Å². The van der Waals surface area contributed by atoms with E-state index in [1.807, 2.05) is 32.0 Å². The molecule has 1 N–H and O–H groups in total. The Morgan fingerprint density at radius 2 is 1.75 bits per heavy atom. The molecule has 0 saturated heterocycles. The molecule has 0 bridgehead atoms. The van der Waals surface area contributed by atoms with E-state index in [-0.39, 0.29) is 35.8 Å². The minimum Gasteiger partial charge on any atom is -0.464 e. The molecule has 0 spiro atoms. The summed E-state index contributed by atoms with van der Waals surface area (Å²) < 4.78 is 6.23. The van der Waals surface area contributed by atoms with Gasteiger partial charge in [0.1, 0.15) is 11.2 Å². The van der Waals surface area contributed by atoms with Crippen LogP contribution in [0.2, 0.25) is 0 Å². The Labute approximate surface area is 187 Å². The largest absolute Gasteiger partial charge is 0.464 e. The van der Waals surface area contributed by atoms with Crippen molar-refractivity contribution in [3.63, 3.8) is 0 Å². The molecule has 2 aromatic rings. The Balaban J connectivity index is 1.78. The summed E-state index contributed by atoms with van der Waals surface area (Å²) >= 11 is 0. The van der Waals surface area contributed by atoms with Gasteiger partial charge in [0.25, 0.3) is 5.91 Å². The predicted octanol–water partition coefficient (Wildman–Crippen LogP) is 3.15. The van der Waals surface area contributed by atoms with Crippen LogP contribution in [0.4, 0.5) is 5.69 Å². The van der Waals surface area contributed by atoms with Gasteiger partial charge in [-0.2, -0.15) is 5.10 Å². The second-order valence-electron chi connectivity index (χ2n) is 9.13. The molecule has 2 amide bonds. The molecular formula is C24H30N4O4. The van der Waals surface area contributed by atoms with Gasteiger partial charge in [0.05, 0.1) is 13.7 Å². The molecule has 1 atom stereocenters. The molecule has 1 aliphatic carbocycles. The number of nitrogens with one attached hydrogen (secondary N) is 1. The van der Waals surface area contributed by atoms with Crippen molar-refractivity contribution in [1.82, 2.24) is 15.1 Å². The average Bonchev–Trinajstić information content (AvgIpc) is 3.17. The fourth-order valence-corrected chi connectivity index (χ4v) is 4.86. The SMILES string of the molecule is COC(=O)c1cc2n(n1)C[C@@](C)(C(=O)NC1CCCCC1)N(c1cc(C)cc(C)c1)C2=O. The molecule has 0 unspecified atom stereocenters. The van der Waals surface area contributed by atoms with Crippen molar-refractivity contribution in [2.75, 3.05) is 12.0 Å². The number of amides is 2. The molecule has 2 heterocycles. The van der Waals surface area contributed by atoms with Gasteiger partial charge in [0.2, 0.25) is 5.91 Å². The molecule has 1 aromatic heterocycles. The Kier molecular flexibility index (Phi) is 5.79. The number of aromatic nitrogens is 2. The number of carbonyl (C=O) groups excluding carboxylic acids is 3. The maximum atomic E-state index is 13.7. The quantitative estimate of drug-likeness (QED) is 0.740. The highest BCUT2D eigenvalue weighted by Crippen LogP contribution is 2.34. The lowest BCUT2D eigenvalue weighted by molar-refractivity contribution is -0.127. The molecular weight excluding hydrogens is 408 g/mol. The van der Waals surface area contributed by atoms with Crippen molar-refractivity contribution in [3.05, 3.63) is 46.8 Å². The summed E-state index contributed by atoms with van der Waals surface area (Å²) in [5, 5.41) is 7.46. The lowest BCUT2D eigenvalue weighted by Gasteiger charge is -2.44. The molecule has 32 heavy (non-hydrogen) atoms. The zero-order chi connectivity index (χ0) is 23.0. The maximum absolute atomic E-state index is 13.7. The first-order valence-corrected chi connectivity index (χ1v) is 11.1. The lowest BCUT2D eigenvalue weighted by Crippen LogP contribution is -2.65. The smallest absolute Gasteiger partial charge is 0.358 e. The van der Waals surface area contributed by atoms with Gasteiger partial charge < -0.3 is 10.1 Å². The van der Waals surface area contributed by atoms with E-state index in [2.05, 4.69) is 10.4 Å². The average molecular weight is 439 g/mol. The molecule has 1 saturated carbocycles. The third-order valence-corrected chi connectivity index (χ3v) is 6.44. The summed E-state index contributed by atoms with van der Waals surface area (Å²) in [5.41, 5.74) is 1.75. The van der Waals surface area contributed by atoms with Crippen LogP contribution in [0.3, 0.4) is 0 Å². The molecule has 8 heteroatoms. The van der Waals surface area contributed by atoms with Crippen molar-refractivity contribution in [2.45, 2.75) is 71.0 Å². The highest BCUT2D eigenvalue weighted by atomic mass is 16.5. The van der Waals surface area contributed by atoms with Gasteiger partial charge >= 0.3 is 5.97 Å². The van der Waals surface area contributed by atoms with E-state index in [4.69, 9.17) is 4.74 Å². The van der Waals surface area contributed by atoms with E-state index in [9.17, 15) is 14.4 Å². The summed E-state index contributed by atoms with van der Waals surface area (Å²) in [5.74, 6) is -1.20. The fourth-order valence-electron chi connectivity index (χ4n) is 4.86. The van der Waals surface area contributed by atoms with E-state index in [1.165, 1.54) is 24.3 Å². The Hall–Kier alpha value is -3.16. The number of fused-ring (bicyclic) bond motifs is 1. The van der Waals surface area contributed by atoms with E-state index in [0.717, 1.165) is 36.8 Å². The minimum atomic E-state index is -1.21. The highest BCUT2D eigenvalue weighted by Gasteiger charge is 2.49. The van der Waals surface area contributed by atoms with E-state index in [1.54, 1.807) is 11.8 Å². The summed E-state index contributed by atoms with van der Waals surface area (Å²) in [6, 6.07) is 7.38. The van der Waals surface area contributed by atoms with E-state index >= 15 is 0 Å². The molecule has 170 valence electrons. The zero-order valence-electron chi connectivity index (χ0n) is 19.1. The molecule has 0 radical (unpaired) electrons. The predicted molar refractivity (Wildman–Crippen MR) is 120 cm³/mol. The maximum Gasteiger partial charge on any atom is 0.358 e. The van der Waals surface area contributed by atoms with Crippen LogP contribution in [0.25, 0.3) is 0 Å². The lowest BCUT2D eigenvalue weighted by atomic mass is 9.90. The molecule has 1 aliphatic heterocycles. The summed E-state index contributed by atoms with van der Waals surface area (Å²) in [6.07, 6.45) is 5.25.